The number of aromatic amines is 1. The number of H-pyrrole nitrogens is 1. The topological polar surface area (TPSA) is 87.2 Å². The number of halogens is 1. The highest BCUT2D eigenvalue weighted by Crippen LogP contribution is 2.32. The number of carbonyl (C=O) groups excluding carboxylic acids is 1. The summed E-state index contributed by atoms with van der Waals surface area (Å²) < 4.78 is 18.7. The Balaban J connectivity index is 1.59. The van der Waals surface area contributed by atoms with Crippen LogP contribution in [0.4, 0.5) is 4.39 Å². The van der Waals surface area contributed by atoms with Gasteiger partial charge in [-0.05, 0) is 41.5 Å². The number of rotatable bonds is 7. The van der Waals surface area contributed by atoms with E-state index in [2.05, 4.69) is 15.5 Å². The first-order valence-electron chi connectivity index (χ1n) is 10.1. The third kappa shape index (κ3) is 4.53. The van der Waals surface area contributed by atoms with Gasteiger partial charge in [-0.1, -0.05) is 48.5 Å². The van der Waals surface area contributed by atoms with Crippen LogP contribution in [0, 0.1) is 5.82 Å². The first-order valence-corrected chi connectivity index (χ1v) is 10.1. The summed E-state index contributed by atoms with van der Waals surface area (Å²) in [7, 11) is 1.49. The first-order chi connectivity index (χ1) is 15.6. The molecule has 1 amide bonds. The summed E-state index contributed by atoms with van der Waals surface area (Å²) in [6.07, 6.45) is 2.75. The third-order valence-corrected chi connectivity index (χ3v) is 5.10. The van der Waals surface area contributed by atoms with Crippen molar-refractivity contribution in [2.45, 2.75) is 6.10 Å². The highest BCUT2D eigenvalue weighted by atomic mass is 19.1. The average Bonchev–Trinajstić information content (AvgIpc) is 3.25. The van der Waals surface area contributed by atoms with Gasteiger partial charge in [0.2, 0.25) is 0 Å². The van der Waals surface area contributed by atoms with Crippen LogP contribution in [0.2, 0.25) is 0 Å². The van der Waals surface area contributed by atoms with Crippen LogP contribution in [0.25, 0.3) is 23.1 Å². The lowest BCUT2D eigenvalue weighted by Gasteiger charge is -2.14. The molecule has 0 radical (unpaired) electrons. The van der Waals surface area contributed by atoms with E-state index in [4.69, 9.17) is 4.74 Å². The second kappa shape index (κ2) is 9.45. The Hall–Kier alpha value is -3.97. The number of amides is 1. The molecule has 4 rings (SSSR count). The maximum absolute atomic E-state index is 13.1. The summed E-state index contributed by atoms with van der Waals surface area (Å²) in [5, 5.41) is 21.0. The molecule has 0 unspecified atom stereocenters. The number of hydrogen-bond donors (Lipinski definition) is 3. The molecular formula is C25H22FN3O3. The van der Waals surface area contributed by atoms with E-state index in [1.54, 1.807) is 48.6 Å². The zero-order valence-electron chi connectivity index (χ0n) is 17.4. The predicted octanol–water partition coefficient (Wildman–Crippen LogP) is 4.34. The quantitative estimate of drug-likeness (QED) is 0.406. The minimum absolute atomic E-state index is 0.0623. The molecule has 0 saturated carbocycles. The third-order valence-electron chi connectivity index (χ3n) is 5.10. The van der Waals surface area contributed by atoms with Crippen LogP contribution in [-0.4, -0.2) is 34.9 Å². The fraction of sp³-hybridized carbons (Fsp3) is 0.120. The van der Waals surface area contributed by atoms with Crippen LogP contribution in [0.5, 0.6) is 5.75 Å². The summed E-state index contributed by atoms with van der Waals surface area (Å²) in [4.78, 5) is 12.9. The smallest absolute Gasteiger partial charge is 0.255 e. The summed E-state index contributed by atoms with van der Waals surface area (Å²) in [5.41, 5.74) is 3.16. The second-order valence-corrected chi connectivity index (χ2v) is 7.20. The van der Waals surface area contributed by atoms with Crippen molar-refractivity contribution in [1.29, 1.82) is 0 Å². The summed E-state index contributed by atoms with van der Waals surface area (Å²) in [5.74, 6) is -0.294. The average molecular weight is 431 g/mol. The molecule has 0 fully saturated rings. The molecular weight excluding hydrogens is 409 g/mol. The van der Waals surface area contributed by atoms with Gasteiger partial charge in [0, 0.05) is 6.54 Å². The monoisotopic (exact) mass is 431 g/mol. The maximum Gasteiger partial charge on any atom is 0.255 e. The van der Waals surface area contributed by atoms with Crippen LogP contribution >= 0.6 is 0 Å². The number of methoxy groups -OCH3 is 1. The van der Waals surface area contributed by atoms with Gasteiger partial charge in [0.25, 0.3) is 5.91 Å². The zero-order chi connectivity index (χ0) is 22.5. The van der Waals surface area contributed by atoms with Crippen molar-refractivity contribution in [2.24, 2.45) is 0 Å². The minimum atomic E-state index is -0.821. The first kappa shape index (κ1) is 21.3. The van der Waals surface area contributed by atoms with Crippen LogP contribution < -0.4 is 10.1 Å². The fourth-order valence-corrected chi connectivity index (χ4v) is 3.44. The molecule has 0 saturated heterocycles. The minimum Gasteiger partial charge on any atom is -0.495 e. The van der Waals surface area contributed by atoms with Crippen LogP contribution in [0.15, 0.2) is 66.7 Å². The Bertz CT molecular complexity index is 1250. The number of hydrogen-bond acceptors (Lipinski definition) is 4. The van der Waals surface area contributed by atoms with Crippen molar-refractivity contribution in [3.63, 3.8) is 0 Å². The number of nitrogens with zero attached hydrogens (tertiary/aromatic N) is 1. The SMILES string of the molecule is COc1c(C(=O)NC[C@H](O)c2ccccc2)ccc2[nH]nc(/C=C/c3ccc(F)cc3)c12. The molecule has 1 aromatic heterocycles. The Morgan fingerprint density at radius 3 is 2.59 bits per heavy atom. The molecule has 0 spiro atoms. The summed E-state index contributed by atoms with van der Waals surface area (Å²) >= 11 is 0. The molecule has 0 aliphatic carbocycles. The van der Waals surface area contributed by atoms with E-state index < -0.39 is 6.10 Å². The van der Waals surface area contributed by atoms with Gasteiger partial charge < -0.3 is 15.2 Å². The van der Waals surface area contributed by atoms with E-state index in [0.717, 1.165) is 11.1 Å². The molecule has 0 bridgehead atoms. The van der Waals surface area contributed by atoms with Crippen molar-refractivity contribution in [3.8, 4) is 5.75 Å². The normalized spacial score (nSPS) is 12.2. The lowest BCUT2D eigenvalue weighted by molar-refractivity contribution is 0.0913. The Morgan fingerprint density at radius 1 is 1.12 bits per heavy atom. The number of fused-ring (bicyclic) bond motifs is 1. The van der Waals surface area contributed by atoms with Crippen molar-refractivity contribution < 1.29 is 19.0 Å². The zero-order valence-corrected chi connectivity index (χ0v) is 17.4. The standard InChI is InChI=1S/C25H22FN3O3/c1-32-24-19(25(31)27-15-22(30)17-5-3-2-4-6-17)12-14-21-23(24)20(28-29-21)13-9-16-7-10-18(26)11-8-16/h2-14,22,30H,15H2,1H3,(H,27,31)(H,28,29)/b13-9+/t22-/m0/s1. The molecule has 162 valence electrons. The number of carbonyl (C=O) groups is 1. The van der Waals surface area contributed by atoms with E-state index in [0.29, 0.717) is 27.9 Å². The lowest BCUT2D eigenvalue weighted by atomic mass is 10.1. The highest BCUT2D eigenvalue weighted by molar-refractivity contribution is 6.05. The van der Waals surface area contributed by atoms with Gasteiger partial charge in [-0.25, -0.2) is 4.39 Å². The van der Waals surface area contributed by atoms with Crippen molar-refractivity contribution in [2.75, 3.05) is 13.7 Å². The molecule has 7 heteroatoms. The van der Waals surface area contributed by atoms with Gasteiger partial charge in [-0.15, -0.1) is 0 Å². The van der Waals surface area contributed by atoms with Crippen molar-refractivity contribution in [3.05, 3.63) is 94.9 Å². The number of benzene rings is 3. The Kier molecular flexibility index (Phi) is 6.28. The number of ether oxygens (including phenoxy) is 1. The molecule has 4 aromatic rings. The van der Waals surface area contributed by atoms with Crippen molar-refractivity contribution in [1.82, 2.24) is 15.5 Å². The maximum atomic E-state index is 13.1. The molecule has 32 heavy (non-hydrogen) atoms. The predicted molar refractivity (Wildman–Crippen MR) is 122 cm³/mol. The van der Waals surface area contributed by atoms with E-state index >= 15 is 0 Å². The molecule has 0 aliphatic heterocycles. The van der Waals surface area contributed by atoms with Crippen LogP contribution in [0.3, 0.4) is 0 Å². The largest absolute Gasteiger partial charge is 0.495 e. The van der Waals surface area contributed by atoms with E-state index in [9.17, 15) is 14.3 Å². The molecule has 1 atom stereocenters. The molecule has 6 nitrogen and oxygen atoms in total. The van der Waals surface area contributed by atoms with Gasteiger partial charge in [-0.2, -0.15) is 5.10 Å². The highest BCUT2D eigenvalue weighted by Gasteiger charge is 2.19. The molecule has 1 heterocycles. The molecule has 3 aromatic carbocycles. The summed E-state index contributed by atoms with van der Waals surface area (Å²) in [6, 6.07) is 18.6. The van der Waals surface area contributed by atoms with Gasteiger partial charge in [0.15, 0.2) is 0 Å². The Labute approximate surface area is 184 Å². The Morgan fingerprint density at radius 2 is 1.88 bits per heavy atom. The van der Waals surface area contributed by atoms with Gasteiger partial charge in [0.05, 0.1) is 35.4 Å². The lowest BCUT2D eigenvalue weighted by Crippen LogP contribution is -2.28. The van der Waals surface area contributed by atoms with Crippen LogP contribution in [0.1, 0.15) is 33.3 Å². The van der Waals surface area contributed by atoms with E-state index in [1.165, 1.54) is 19.2 Å². The number of aliphatic hydroxyl groups is 1. The number of nitrogens with one attached hydrogen (secondary N) is 2. The second-order valence-electron chi connectivity index (χ2n) is 7.20. The molecule has 3 N–H and O–H groups in total. The van der Waals surface area contributed by atoms with Gasteiger partial charge in [-0.3, -0.25) is 9.89 Å². The van der Waals surface area contributed by atoms with Crippen LogP contribution in [-0.2, 0) is 0 Å². The molecule has 0 aliphatic rings. The summed E-state index contributed by atoms with van der Waals surface area (Å²) in [6.45, 7) is 0.0623. The van der Waals surface area contributed by atoms with Crippen molar-refractivity contribution >= 4 is 29.0 Å². The van der Waals surface area contributed by atoms with Gasteiger partial charge >= 0.3 is 0 Å². The van der Waals surface area contributed by atoms with E-state index in [-0.39, 0.29) is 18.3 Å². The van der Waals surface area contributed by atoms with E-state index in [1.807, 2.05) is 18.2 Å². The number of aliphatic hydroxyl groups excluding tert-OH is 1. The number of aromatic nitrogens is 2. The van der Waals surface area contributed by atoms with Gasteiger partial charge in [0.1, 0.15) is 11.6 Å². The fourth-order valence-electron chi connectivity index (χ4n) is 3.44.